The molecule has 2 aromatic rings. The first-order chi connectivity index (χ1) is 12.6. The zero-order valence-corrected chi connectivity index (χ0v) is 18.0. The van der Waals surface area contributed by atoms with Gasteiger partial charge in [-0.05, 0) is 0 Å². The van der Waals surface area contributed by atoms with E-state index in [0.29, 0.717) is 6.67 Å². The van der Waals surface area contributed by atoms with Crippen molar-refractivity contribution in [3.63, 3.8) is 0 Å². The van der Waals surface area contributed by atoms with Gasteiger partial charge in [-0.3, -0.25) is 0 Å². The van der Waals surface area contributed by atoms with Crippen molar-refractivity contribution in [2.24, 2.45) is 0 Å². The van der Waals surface area contributed by atoms with Crippen molar-refractivity contribution in [2.45, 2.75) is 0 Å². The quantitative estimate of drug-likeness (QED) is 0.267. The van der Waals surface area contributed by atoms with Gasteiger partial charge in [0, 0.05) is 0 Å². The predicted molar refractivity (Wildman–Crippen MR) is 95.7 cm³/mol. The molecule has 0 aliphatic heterocycles. The molecule has 6 N–H and O–H groups in total. The zero-order chi connectivity index (χ0) is 21.1. The molecule has 0 heterocycles. The van der Waals surface area contributed by atoms with E-state index in [4.69, 9.17) is 45.0 Å². The van der Waals surface area contributed by atoms with E-state index < -0.39 is 18.5 Å². The molecule has 2 aromatic carbocycles. The smallest absolute Gasteiger partial charge is 0.699 e. The van der Waals surface area contributed by atoms with Crippen LogP contribution in [0, 0.1) is 0 Å². The van der Waals surface area contributed by atoms with Crippen molar-refractivity contribution in [3.05, 3.63) is 71.3 Å². The van der Waals surface area contributed by atoms with Crippen LogP contribution >= 0.6 is 0 Å². The molecule has 0 saturated heterocycles. The first-order valence-electron chi connectivity index (χ1n) is 6.86. The van der Waals surface area contributed by atoms with Crippen LogP contribution < -0.4 is 0 Å². The average molecular weight is 584 g/mol. The monoisotopic (exact) mass is 586 g/mol. The summed E-state index contributed by atoms with van der Waals surface area (Å²) in [6.07, 6.45) is -5.50. The van der Waals surface area contributed by atoms with Crippen LogP contribution in [0.15, 0.2) is 60.7 Å². The van der Waals surface area contributed by atoms with Gasteiger partial charge in [-0.2, -0.15) is 0 Å². The molecule has 0 bridgehead atoms. The summed E-state index contributed by atoms with van der Waals surface area (Å²) in [5.41, 5.74) is 1.94. The van der Waals surface area contributed by atoms with Crippen molar-refractivity contribution < 1.29 is 84.0 Å². The summed E-state index contributed by atoms with van der Waals surface area (Å²) < 4.78 is 0. The van der Waals surface area contributed by atoms with E-state index in [-0.39, 0.29) is 39.0 Å². The molecular weight excluding hydrogens is 566 g/mol. The predicted octanol–water partition coefficient (Wildman–Crippen LogP) is 5.02. The zero-order valence-electron chi connectivity index (χ0n) is 14.5. The van der Waals surface area contributed by atoms with Crippen LogP contribution in [0.25, 0.3) is 10.6 Å². The van der Waals surface area contributed by atoms with E-state index in [1.165, 1.54) is 0 Å². The fourth-order valence-electron chi connectivity index (χ4n) is 1.27. The second-order valence-corrected chi connectivity index (χ2v) is 3.98. The SMILES string of the molecule is O=C(O)O.O=C(O)O.O=C(O)O.[Ru+].[Ru+].c1ccc([N-]C[N-]c2ccccc2)cc1. The number of hydrogen-bond acceptors (Lipinski definition) is 3. The van der Waals surface area contributed by atoms with E-state index in [2.05, 4.69) is 10.6 Å². The first kappa shape index (κ1) is 33.7. The summed E-state index contributed by atoms with van der Waals surface area (Å²) in [6.45, 7) is 0.480. The van der Waals surface area contributed by atoms with Crippen molar-refractivity contribution >= 4 is 29.8 Å². The number of para-hydroxylation sites is 2. The van der Waals surface area contributed by atoms with Gasteiger partial charge in [0.2, 0.25) is 0 Å². The summed E-state index contributed by atoms with van der Waals surface area (Å²) in [6, 6.07) is 19.7. The molecule has 2 rings (SSSR count). The number of carbonyl (C=O) groups is 3. The minimum absolute atomic E-state index is 0. The maximum atomic E-state index is 8.56. The van der Waals surface area contributed by atoms with Gasteiger partial charge in [0.05, 0.1) is 0 Å². The van der Waals surface area contributed by atoms with Gasteiger partial charge in [0.1, 0.15) is 0 Å². The molecule has 11 nitrogen and oxygen atoms in total. The van der Waals surface area contributed by atoms with E-state index in [0.717, 1.165) is 11.4 Å². The number of nitrogens with zero attached hydrogens (tertiary/aromatic N) is 2. The third kappa shape index (κ3) is 36.7. The summed E-state index contributed by atoms with van der Waals surface area (Å²) in [4.78, 5) is 25.7. The molecule has 2 radical (unpaired) electrons. The number of carboxylic acid groups (broad SMARTS) is 6. The number of hydrogen-bond donors (Lipinski definition) is 6. The van der Waals surface area contributed by atoms with Crippen molar-refractivity contribution in [1.29, 1.82) is 0 Å². The summed E-state index contributed by atoms with van der Waals surface area (Å²) in [5, 5.41) is 50.5. The molecule has 13 heteroatoms. The van der Waals surface area contributed by atoms with Gasteiger partial charge in [-0.25, -0.2) is 21.1 Å². The summed E-state index contributed by atoms with van der Waals surface area (Å²) in [5.74, 6) is 0. The Kier molecular flexibility index (Phi) is 26.9. The summed E-state index contributed by atoms with van der Waals surface area (Å²) >= 11 is 0. The van der Waals surface area contributed by atoms with Crippen molar-refractivity contribution in [2.75, 3.05) is 6.67 Å². The van der Waals surface area contributed by atoms with E-state index >= 15 is 0 Å². The Morgan fingerprint density at radius 2 is 0.759 bits per heavy atom. The van der Waals surface area contributed by atoms with Crippen LogP contribution in [-0.2, 0) is 39.0 Å². The van der Waals surface area contributed by atoms with Gasteiger partial charge in [0.15, 0.2) is 0 Å². The second kappa shape index (κ2) is 23.1. The fraction of sp³-hybridized carbons (Fsp3) is 0.0625. The molecule has 0 amide bonds. The molecule has 0 atom stereocenters. The Hall–Kier alpha value is -2.90. The third-order valence-corrected chi connectivity index (χ3v) is 2.02. The molecule has 0 aliphatic carbocycles. The topological polar surface area (TPSA) is 201 Å². The van der Waals surface area contributed by atoms with Crippen LogP contribution in [0.2, 0.25) is 0 Å². The Labute approximate surface area is 191 Å². The average Bonchev–Trinajstić information content (AvgIpc) is 2.55. The van der Waals surface area contributed by atoms with Crippen LogP contribution in [-0.4, -0.2) is 55.8 Å². The molecule has 29 heavy (non-hydrogen) atoms. The number of rotatable bonds is 4. The standard InChI is InChI=1S/C13H12N2.3CH2O3.2Ru/c1-3-7-12(8-4-1)14-11-15-13-9-5-2-6-10-13;3*2-1(3)4;;/h1-10H,11H2;3*(H2,2,3,4);;/q-2;;;;2*+1. The summed E-state index contributed by atoms with van der Waals surface area (Å²) in [7, 11) is 0. The maximum absolute atomic E-state index is 8.56. The molecule has 0 spiro atoms. The minimum atomic E-state index is -1.83. The minimum Gasteiger partial charge on any atom is -0.699 e. The molecule has 162 valence electrons. The Bertz CT molecular complexity index is 582. The van der Waals surface area contributed by atoms with Crippen LogP contribution in [0.4, 0.5) is 25.8 Å². The normalized spacial score (nSPS) is 7.45. The van der Waals surface area contributed by atoms with Gasteiger partial charge in [-0.1, -0.05) is 60.7 Å². The van der Waals surface area contributed by atoms with Gasteiger partial charge in [0.25, 0.3) is 0 Å². The second-order valence-electron chi connectivity index (χ2n) is 3.98. The van der Waals surface area contributed by atoms with Crippen LogP contribution in [0.1, 0.15) is 0 Å². The third-order valence-electron chi connectivity index (χ3n) is 2.02. The van der Waals surface area contributed by atoms with Gasteiger partial charge in [-0.15, -0.1) is 11.4 Å². The van der Waals surface area contributed by atoms with Crippen LogP contribution in [0.5, 0.6) is 0 Å². The van der Waals surface area contributed by atoms with E-state index in [1.54, 1.807) is 0 Å². The first-order valence-corrected chi connectivity index (χ1v) is 6.86. The Morgan fingerprint density at radius 3 is 0.966 bits per heavy atom. The molecular formula is C16H18N2O9Ru2. The van der Waals surface area contributed by atoms with Crippen molar-refractivity contribution in [3.8, 4) is 0 Å². The fourth-order valence-corrected chi connectivity index (χ4v) is 1.27. The van der Waals surface area contributed by atoms with Crippen LogP contribution in [0.3, 0.4) is 0 Å². The number of benzene rings is 2. The van der Waals surface area contributed by atoms with E-state index in [9.17, 15) is 0 Å². The Balaban J connectivity index is -0.000000188. The van der Waals surface area contributed by atoms with Crippen molar-refractivity contribution in [1.82, 2.24) is 0 Å². The maximum Gasteiger partial charge on any atom is 1.00 e. The Morgan fingerprint density at radius 1 is 0.552 bits per heavy atom. The molecule has 0 fully saturated rings. The molecule has 0 saturated carbocycles. The molecule has 0 aromatic heterocycles. The molecule has 0 aliphatic rings. The van der Waals surface area contributed by atoms with E-state index in [1.807, 2.05) is 60.7 Å². The molecule has 0 unspecified atom stereocenters. The largest absolute Gasteiger partial charge is 1.00 e. The van der Waals surface area contributed by atoms with Gasteiger partial charge < -0.3 is 41.3 Å². The van der Waals surface area contributed by atoms with Gasteiger partial charge >= 0.3 is 57.4 Å².